The number of imidazole rings is 1. The molecule has 0 spiro atoms. The van der Waals surface area contributed by atoms with E-state index in [9.17, 15) is 4.79 Å². The maximum atomic E-state index is 13.5. The topological polar surface area (TPSA) is 53.3 Å². The van der Waals surface area contributed by atoms with Crippen LogP contribution in [0.2, 0.25) is 0 Å². The van der Waals surface area contributed by atoms with Crippen LogP contribution in [-0.4, -0.2) is 29.6 Å². The summed E-state index contributed by atoms with van der Waals surface area (Å²) in [5.41, 5.74) is 3.47. The maximum absolute atomic E-state index is 13.5. The van der Waals surface area contributed by atoms with E-state index in [0.717, 1.165) is 33.3 Å². The number of carbonyl (C=O) groups is 1. The van der Waals surface area contributed by atoms with Crippen molar-refractivity contribution in [3.8, 4) is 11.5 Å². The Balaban J connectivity index is 1.73. The molecule has 5 nitrogen and oxygen atoms in total. The van der Waals surface area contributed by atoms with Gasteiger partial charge >= 0.3 is 0 Å². The van der Waals surface area contributed by atoms with E-state index in [1.165, 1.54) is 11.8 Å². The maximum Gasteiger partial charge on any atom is 0.180 e. The molecule has 1 aromatic heterocycles. The summed E-state index contributed by atoms with van der Waals surface area (Å²) in [6.45, 7) is 0. The molecule has 0 N–H and O–H groups in total. The number of thioether (sulfide) groups is 1. The summed E-state index contributed by atoms with van der Waals surface area (Å²) in [5, 5.41) is 0.346. The van der Waals surface area contributed by atoms with Gasteiger partial charge in [0.1, 0.15) is 16.7 Å². The molecule has 0 fully saturated rings. The van der Waals surface area contributed by atoms with Crippen LogP contribution in [0.25, 0.3) is 11.0 Å². The number of ketones is 1. The van der Waals surface area contributed by atoms with E-state index >= 15 is 0 Å². The molecule has 0 aliphatic rings. The summed E-state index contributed by atoms with van der Waals surface area (Å²) < 4.78 is 12.5. The SMILES string of the molecule is COc1ccc(C(=O)[C@@H](Sc2nc3ccccc3n2C)c2ccc(OC)cc2)cc1. The van der Waals surface area contributed by atoms with Crippen LogP contribution < -0.4 is 9.47 Å². The van der Waals surface area contributed by atoms with Gasteiger partial charge in [0.05, 0.1) is 25.3 Å². The molecule has 6 heteroatoms. The summed E-state index contributed by atoms with van der Waals surface area (Å²) >= 11 is 1.45. The highest BCUT2D eigenvalue weighted by Gasteiger charge is 2.26. The van der Waals surface area contributed by atoms with Crippen LogP contribution in [-0.2, 0) is 7.05 Å². The average molecular weight is 419 g/mol. The van der Waals surface area contributed by atoms with Gasteiger partial charge in [0.25, 0.3) is 0 Å². The number of ether oxygens (including phenoxy) is 2. The molecule has 0 saturated heterocycles. The van der Waals surface area contributed by atoms with Crippen molar-refractivity contribution in [2.45, 2.75) is 10.4 Å². The molecule has 1 heterocycles. The first-order chi connectivity index (χ1) is 14.6. The molecule has 0 radical (unpaired) electrons. The zero-order valence-electron chi connectivity index (χ0n) is 17.0. The molecule has 0 amide bonds. The van der Waals surface area contributed by atoms with E-state index in [1.807, 2.05) is 60.1 Å². The number of aromatic nitrogens is 2. The van der Waals surface area contributed by atoms with Crippen LogP contribution in [0, 0.1) is 0 Å². The van der Waals surface area contributed by atoms with Crippen molar-refractivity contribution in [3.05, 3.63) is 83.9 Å². The molecule has 0 saturated carbocycles. The highest BCUT2D eigenvalue weighted by Crippen LogP contribution is 2.39. The summed E-state index contributed by atoms with van der Waals surface area (Å²) in [6.07, 6.45) is 0. The van der Waals surface area contributed by atoms with Gasteiger partial charge in [0.2, 0.25) is 0 Å². The van der Waals surface area contributed by atoms with E-state index < -0.39 is 5.25 Å². The largest absolute Gasteiger partial charge is 0.497 e. The standard InChI is InChI=1S/C24H22N2O3S/c1-26-21-7-5-4-6-20(21)25-24(26)30-23(17-10-14-19(29-3)15-11-17)22(27)16-8-12-18(28-2)13-9-16/h4-15,23H,1-3H3/t23-/m0/s1. The van der Waals surface area contributed by atoms with Gasteiger partial charge in [-0.05, 0) is 54.1 Å². The molecule has 0 aliphatic carbocycles. The Morgan fingerprint density at radius 3 is 2.10 bits per heavy atom. The minimum Gasteiger partial charge on any atom is -0.497 e. The van der Waals surface area contributed by atoms with Gasteiger partial charge in [-0.2, -0.15) is 0 Å². The van der Waals surface area contributed by atoms with Crippen LogP contribution in [0.5, 0.6) is 11.5 Å². The van der Waals surface area contributed by atoms with E-state index in [2.05, 4.69) is 0 Å². The molecule has 3 aromatic carbocycles. The number of Topliss-reactive ketones (excluding diaryl/α,β-unsaturated/α-hetero) is 1. The molecule has 30 heavy (non-hydrogen) atoms. The molecule has 4 rings (SSSR count). The lowest BCUT2D eigenvalue weighted by molar-refractivity contribution is 0.0989. The number of para-hydroxylation sites is 2. The molecular formula is C24H22N2O3S. The normalized spacial score (nSPS) is 12.0. The Morgan fingerprint density at radius 2 is 1.50 bits per heavy atom. The first kappa shape index (κ1) is 20.0. The lowest BCUT2D eigenvalue weighted by Gasteiger charge is -2.16. The number of aryl methyl sites for hydroxylation is 1. The Kier molecular flexibility index (Phi) is 5.77. The average Bonchev–Trinajstić information content (AvgIpc) is 3.12. The number of rotatable bonds is 7. The minimum atomic E-state index is -0.445. The molecule has 4 aromatic rings. The van der Waals surface area contributed by atoms with Gasteiger partial charge in [-0.15, -0.1) is 0 Å². The Morgan fingerprint density at radius 1 is 0.900 bits per heavy atom. The van der Waals surface area contributed by atoms with Crippen LogP contribution in [0.15, 0.2) is 78.0 Å². The second kappa shape index (κ2) is 8.63. The molecule has 0 aliphatic heterocycles. The number of fused-ring (bicyclic) bond motifs is 1. The smallest absolute Gasteiger partial charge is 0.180 e. The second-order valence-electron chi connectivity index (χ2n) is 6.81. The van der Waals surface area contributed by atoms with Crippen molar-refractivity contribution in [1.82, 2.24) is 9.55 Å². The van der Waals surface area contributed by atoms with Gasteiger partial charge in [-0.3, -0.25) is 4.79 Å². The minimum absolute atomic E-state index is 0.0138. The third kappa shape index (κ3) is 3.91. The highest BCUT2D eigenvalue weighted by atomic mass is 32.2. The summed E-state index contributed by atoms with van der Waals surface area (Å²) in [4.78, 5) is 18.2. The second-order valence-corrected chi connectivity index (χ2v) is 7.88. The predicted octanol–water partition coefficient (Wildman–Crippen LogP) is 5.31. The van der Waals surface area contributed by atoms with Crippen LogP contribution in [0.3, 0.4) is 0 Å². The van der Waals surface area contributed by atoms with E-state index in [4.69, 9.17) is 14.5 Å². The molecule has 1 atom stereocenters. The summed E-state index contributed by atoms with van der Waals surface area (Å²) in [5.74, 6) is 1.48. The summed E-state index contributed by atoms with van der Waals surface area (Å²) in [7, 11) is 5.21. The number of carbonyl (C=O) groups excluding carboxylic acids is 1. The number of hydrogen-bond donors (Lipinski definition) is 0. The number of hydrogen-bond acceptors (Lipinski definition) is 5. The van der Waals surface area contributed by atoms with E-state index in [-0.39, 0.29) is 5.78 Å². The molecular weight excluding hydrogens is 396 g/mol. The summed E-state index contributed by atoms with van der Waals surface area (Å²) in [6, 6.07) is 22.8. The van der Waals surface area contributed by atoms with Gasteiger partial charge in [-0.25, -0.2) is 4.98 Å². The van der Waals surface area contributed by atoms with Crippen LogP contribution in [0.4, 0.5) is 0 Å². The van der Waals surface area contributed by atoms with Gasteiger partial charge in [0, 0.05) is 12.6 Å². The van der Waals surface area contributed by atoms with Crippen molar-refractivity contribution in [1.29, 1.82) is 0 Å². The van der Waals surface area contributed by atoms with Gasteiger partial charge in [-0.1, -0.05) is 36.0 Å². The third-order valence-corrected chi connectivity index (χ3v) is 6.30. The molecule has 0 unspecified atom stereocenters. The van der Waals surface area contributed by atoms with Gasteiger partial charge < -0.3 is 14.0 Å². The van der Waals surface area contributed by atoms with E-state index in [0.29, 0.717) is 5.56 Å². The Labute approximate surface area is 179 Å². The highest BCUT2D eigenvalue weighted by molar-refractivity contribution is 8.00. The molecule has 152 valence electrons. The van der Waals surface area contributed by atoms with Gasteiger partial charge in [0.15, 0.2) is 10.9 Å². The van der Waals surface area contributed by atoms with Crippen molar-refractivity contribution in [2.24, 2.45) is 7.05 Å². The van der Waals surface area contributed by atoms with Crippen molar-refractivity contribution < 1.29 is 14.3 Å². The third-order valence-electron chi connectivity index (χ3n) is 5.00. The zero-order chi connectivity index (χ0) is 21.1. The van der Waals surface area contributed by atoms with Crippen molar-refractivity contribution in [3.63, 3.8) is 0 Å². The first-order valence-corrected chi connectivity index (χ1v) is 10.4. The van der Waals surface area contributed by atoms with Crippen LogP contribution >= 0.6 is 11.8 Å². The van der Waals surface area contributed by atoms with Crippen molar-refractivity contribution >= 4 is 28.6 Å². The lowest BCUT2D eigenvalue weighted by atomic mass is 10.0. The Hall–Kier alpha value is -3.25. The van der Waals surface area contributed by atoms with E-state index in [1.54, 1.807) is 38.5 Å². The lowest BCUT2D eigenvalue weighted by Crippen LogP contribution is -2.11. The predicted molar refractivity (Wildman–Crippen MR) is 120 cm³/mol. The monoisotopic (exact) mass is 418 g/mol. The number of methoxy groups -OCH3 is 2. The fourth-order valence-electron chi connectivity index (χ4n) is 3.29. The zero-order valence-corrected chi connectivity index (χ0v) is 17.8. The Bertz CT molecular complexity index is 1170. The fraction of sp³-hybridized carbons (Fsp3) is 0.167. The fourth-order valence-corrected chi connectivity index (χ4v) is 4.45. The first-order valence-electron chi connectivity index (χ1n) is 9.51. The number of nitrogens with zero attached hydrogens (tertiary/aromatic N) is 2. The molecule has 0 bridgehead atoms. The van der Waals surface area contributed by atoms with Crippen LogP contribution in [0.1, 0.15) is 21.2 Å². The van der Waals surface area contributed by atoms with Crippen molar-refractivity contribution in [2.75, 3.05) is 14.2 Å². The number of benzene rings is 3. The quantitative estimate of drug-likeness (QED) is 0.301.